The van der Waals surface area contributed by atoms with Gasteiger partial charge in [-0.15, -0.1) is 0 Å². The van der Waals surface area contributed by atoms with Crippen LogP contribution in [-0.4, -0.2) is 59.2 Å². The van der Waals surface area contributed by atoms with E-state index in [1.807, 2.05) is 0 Å². The molecule has 1 N–H and O–H groups in total. The molecule has 1 aromatic rings. The van der Waals surface area contributed by atoms with Gasteiger partial charge in [-0.1, -0.05) is 15.9 Å². The van der Waals surface area contributed by atoms with Gasteiger partial charge in [-0.25, -0.2) is 8.42 Å². The van der Waals surface area contributed by atoms with Crippen LogP contribution in [0, 0.1) is 0 Å². The summed E-state index contributed by atoms with van der Waals surface area (Å²) in [5, 5.41) is 3.18. The first kappa shape index (κ1) is 16.7. The number of ether oxygens (including phenoxy) is 2. The third-order valence-electron chi connectivity index (χ3n) is 3.28. The Kier molecular flexibility index (Phi) is 5.61. The standard InChI is InChI=1S/C13H19BrN2O4S/c1-16(9-11-8-15-5-6-20-11)21(17,18)13-7-10(14)3-4-12(13)19-2/h3-4,7,11,15H,5-6,8-9H2,1-2H3. The second-order valence-corrected chi connectivity index (χ2v) is 7.71. The number of halogens is 1. The van der Waals surface area contributed by atoms with Crippen LogP contribution in [0.15, 0.2) is 27.6 Å². The van der Waals surface area contributed by atoms with E-state index in [1.165, 1.54) is 11.4 Å². The fourth-order valence-electron chi connectivity index (χ4n) is 2.14. The minimum absolute atomic E-state index is 0.142. The summed E-state index contributed by atoms with van der Waals surface area (Å²) < 4.78 is 38.1. The van der Waals surface area contributed by atoms with E-state index in [1.54, 1.807) is 25.2 Å². The molecule has 0 aliphatic carbocycles. The molecule has 1 aliphatic rings. The Labute approximate surface area is 133 Å². The molecular weight excluding hydrogens is 360 g/mol. The molecule has 1 heterocycles. The van der Waals surface area contributed by atoms with Gasteiger partial charge in [0.25, 0.3) is 0 Å². The first-order valence-corrected chi connectivity index (χ1v) is 8.80. The van der Waals surface area contributed by atoms with E-state index in [4.69, 9.17) is 9.47 Å². The maximum atomic E-state index is 12.7. The zero-order valence-electron chi connectivity index (χ0n) is 12.0. The van der Waals surface area contributed by atoms with Crippen molar-refractivity contribution in [2.45, 2.75) is 11.0 Å². The van der Waals surface area contributed by atoms with Gasteiger partial charge in [0.15, 0.2) is 0 Å². The first-order chi connectivity index (χ1) is 9.95. The van der Waals surface area contributed by atoms with Crippen LogP contribution in [0.5, 0.6) is 5.75 Å². The fraction of sp³-hybridized carbons (Fsp3) is 0.538. The smallest absolute Gasteiger partial charge is 0.246 e. The molecular formula is C13H19BrN2O4S. The van der Waals surface area contributed by atoms with Crippen molar-refractivity contribution in [3.63, 3.8) is 0 Å². The molecule has 0 spiro atoms. The van der Waals surface area contributed by atoms with Crippen LogP contribution in [0.2, 0.25) is 0 Å². The number of sulfonamides is 1. The molecule has 1 aromatic carbocycles. The molecule has 2 rings (SSSR count). The van der Waals surface area contributed by atoms with Crippen molar-refractivity contribution in [2.75, 3.05) is 40.4 Å². The van der Waals surface area contributed by atoms with Crippen LogP contribution in [0.25, 0.3) is 0 Å². The lowest BCUT2D eigenvalue weighted by molar-refractivity contribution is 0.0206. The number of hydrogen-bond donors (Lipinski definition) is 1. The quantitative estimate of drug-likeness (QED) is 0.829. The lowest BCUT2D eigenvalue weighted by Gasteiger charge is -2.28. The average molecular weight is 379 g/mol. The molecule has 118 valence electrons. The number of nitrogens with zero attached hydrogens (tertiary/aromatic N) is 1. The Morgan fingerprint density at radius 1 is 1.52 bits per heavy atom. The Bertz CT molecular complexity index is 588. The number of likely N-dealkylation sites (N-methyl/N-ethyl adjacent to an activating group) is 1. The molecule has 1 unspecified atom stereocenters. The second kappa shape index (κ2) is 7.06. The van der Waals surface area contributed by atoms with Gasteiger partial charge in [0.05, 0.1) is 19.8 Å². The van der Waals surface area contributed by atoms with E-state index in [-0.39, 0.29) is 11.0 Å². The largest absolute Gasteiger partial charge is 0.495 e. The topological polar surface area (TPSA) is 67.9 Å². The Morgan fingerprint density at radius 3 is 2.90 bits per heavy atom. The maximum Gasteiger partial charge on any atom is 0.246 e. The molecule has 0 saturated carbocycles. The van der Waals surface area contributed by atoms with Crippen molar-refractivity contribution >= 4 is 26.0 Å². The highest BCUT2D eigenvalue weighted by atomic mass is 79.9. The highest BCUT2D eigenvalue weighted by Gasteiger charge is 2.28. The molecule has 0 amide bonds. The van der Waals surface area contributed by atoms with Crippen molar-refractivity contribution in [2.24, 2.45) is 0 Å². The molecule has 1 saturated heterocycles. The zero-order chi connectivity index (χ0) is 15.5. The van der Waals surface area contributed by atoms with Gasteiger partial charge in [-0.3, -0.25) is 0 Å². The number of nitrogens with one attached hydrogen (secondary N) is 1. The average Bonchev–Trinajstić information content (AvgIpc) is 2.48. The highest BCUT2D eigenvalue weighted by molar-refractivity contribution is 9.10. The van der Waals surface area contributed by atoms with Crippen LogP contribution in [0.1, 0.15) is 0 Å². The summed E-state index contributed by atoms with van der Waals surface area (Å²) in [5.74, 6) is 0.327. The van der Waals surface area contributed by atoms with E-state index in [2.05, 4.69) is 21.2 Å². The van der Waals surface area contributed by atoms with Crippen LogP contribution < -0.4 is 10.1 Å². The third-order valence-corrected chi connectivity index (χ3v) is 5.62. The Balaban J connectivity index is 2.22. The van der Waals surface area contributed by atoms with Crippen molar-refractivity contribution in [3.05, 3.63) is 22.7 Å². The molecule has 21 heavy (non-hydrogen) atoms. The normalized spacial score (nSPS) is 19.7. The summed E-state index contributed by atoms with van der Waals surface area (Å²) in [6, 6.07) is 4.92. The van der Waals surface area contributed by atoms with E-state index in [9.17, 15) is 8.42 Å². The number of methoxy groups -OCH3 is 1. The lowest BCUT2D eigenvalue weighted by Crippen LogP contribution is -2.45. The van der Waals surface area contributed by atoms with Gasteiger partial charge >= 0.3 is 0 Å². The Morgan fingerprint density at radius 2 is 2.29 bits per heavy atom. The highest BCUT2D eigenvalue weighted by Crippen LogP contribution is 2.29. The van der Waals surface area contributed by atoms with E-state index >= 15 is 0 Å². The van der Waals surface area contributed by atoms with Crippen LogP contribution in [0.4, 0.5) is 0 Å². The van der Waals surface area contributed by atoms with Gasteiger partial charge in [0, 0.05) is 31.2 Å². The second-order valence-electron chi connectivity index (χ2n) is 4.78. The van der Waals surface area contributed by atoms with E-state index < -0.39 is 10.0 Å². The van der Waals surface area contributed by atoms with Crippen molar-refractivity contribution < 1.29 is 17.9 Å². The summed E-state index contributed by atoms with van der Waals surface area (Å²) in [7, 11) is -0.629. The minimum Gasteiger partial charge on any atom is -0.495 e. The Hall–Kier alpha value is -0.670. The third kappa shape index (κ3) is 3.95. The van der Waals surface area contributed by atoms with Gasteiger partial charge in [-0.05, 0) is 18.2 Å². The van der Waals surface area contributed by atoms with Gasteiger partial charge in [0.2, 0.25) is 10.0 Å². The molecule has 0 aromatic heterocycles. The van der Waals surface area contributed by atoms with E-state index in [0.717, 1.165) is 6.54 Å². The predicted octanol–water partition coefficient (Wildman–Crippen LogP) is 1.07. The summed E-state index contributed by atoms with van der Waals surface area (Å²) in [6.07, 6.45) is -0.142. The molecule has 0 radical (unpaired) electrons. The number of morpholine rings is 1. The molecule has 1 aliphatic heterocycles. The molecule has 6 nitrogen and oxygen atoms in total. The van der Waals surface area contributed by atoms with Gasteiger partial charge in [-0.2, -0.15) is 4.31 Å². The predicted molar refractivity (Wildman–Crippen MR) is 83.1 cm³/mol. The molecule has 1 fully saturated rings. The molecule has 0 bridgehead atoms. The minimum atomic E-state index is -3.63. The molecule has 8 heteroatoms. The summed E-state index contributed by atoms with van der Waals surface area (Å²) in [6.45, 7) is 2.34. The van der Waals surface area contributed by atoms with Crippen molar-refractivity contribution in [3.8, 4) is 5.75 Å². The van der Waals surface area contributed by atoms with Gasteiger partial charge in [0.1, 0.15) is 10.6 Å². The SMILES string of the molecule is COc1ccc(Br)cc1S(=O)(=O)N(C)CC1CNCCO1. The fourth-order valence-corrected chi connectivity index (χ4v) is 4.03. The first-order valence-electron chi connectivity index (χ1n) is 6.57. The zero-order valence-corrected chi connectivity index (χ0v) is 14.4. The van der Waals surface area contributed by atoms with Crippen molar-refractivity contribution in [1.82, 2.24) is 9.62 Å². The monoisotopic (exact) mass is 378 g/mol. The summed E-state index contributed by atoms with van der Waals surface area (Å²) >= 11 is 3.29. The van der Waals surface area contributed by atoms with Gasteiger partial charge < -0.3 is 14.8 Å². The van der Waals surface area contributed by atoms with Crippen LogP contribution >= 0.6 is 15.9 Å². The summed E-state index contributed by atoms with van der Waals surface area (Å²) in [5.41, 5.74) is 0. The molecule has 1 atom stereocenters. The van der Waals surface area contributed by atoms with Crippen LogP contribution in [-0.2, 0) is 14.8 Å². The summed E-state index contributed by atoms with van der Waals surface area (Å²) in [4.78, 5) is 0.144. The van der Waals surface area contributed by atoms with E-state index in [0.29, 0.717) is 29.9 Å². The maximum absolute atomic E-state index is 12.7. The number of benzene rings is 1. The number of hydrogen-bond acceptors (Lipinski definition) is 5. The van der Waals surface area contributed by atoms with Crippen LogP contribution in [0.3, 0.4) is 0 Å². The lowest BCUT2D eigenvalue weighted by atomic mass is 10.3. The van der Waals surface area contributed by atoms with Crippen molar-refractivity contribution in [1.29, 1.82) is 0 Å². The number of rotatable bonds is 5.